The molecule has 0 saturated carbocycles. The minimum Gasteiger partial charge on any atom is -0.481 e. The van der Waals surface area contributed by atoms with Crippen LogP contribution < -0.4 is 5.32 Å². The van der Waals surface area contributed by atoms with Crippen molar-refractivity contribution in [3.63, 3.8) is 0 Å². The maximum Gasteiger partial charge on any atom is 0.308 e. The van der Waals surface area contributed by atoms with E-state index in [1.165, 1.54) is 7.11 Å². The molecular formula is C30H56N4O7. The van der Waals surface area contributed by atoms with Gasteiger partial charge >= 0.3 is 5.97 Å². The highest BCUT2D eigenvalue weighted by atomic mass is 16.5. The van der Waals surface area contributed by atoms with Crippen LogP contribution >= 0.6 is 0 Å². The van der Waals surface area contributed by atoms with Gasteiger partial charge in [-0.3, -0.25) is 24.1 Å². The molecular weight excluding hydrogens is 528 g/mol. The summed E-state index contributed by atoms with van der Waals surface area (Å²) in [7, 11) is 8.37. The molecule has 3 amide bonds. The van der Waals surface area contributed by atoms with E-state index >= 15 is 0 Å². The quantitative estimate of drug-likeness (QED) is 0.283. The molecule has 1 saturated heterocycles. The molecule has 1 rings (SSSR count). The number of ether oxygens (including phenoxy) is 2. The minimum atomic E-state index is -0.969. The van der Waals surface area contributed by atoms with Gasteiger partial charge in [-0.25, -0.2) is 0 Å². The topological polar surface area (TPSA) is 129 Å². The van der Waals surface area contributed by atoms with Gasteiger partial charge in [-0.05, 0) is 59.5 Å². The average molecular weight is 585 g/mol. The second-order valence-corrected chi connectivity index (χ2v) is 12.6. The number of rotatable bonds is 16. The van der Waals surface area contributed by atoms with Crippen molar-refractivity contribution in [2.45, 2.75) is 110 Å². The molecule has 0 aromatic heterocycles. The van der Waals surface area contributed by atoms with Crippen LogP contribution in [0.5, 0.6) is 0 Å². The Morgan fingerprint density at radius 2 is 1.63 bits per heavy atom. The Hall–Kier alpha value is -2.24. The molecule has 0 unspecified atom stereocenters. The predicted molar refractivity (Wildman–Crippen MR) is 158 cm³/mol. The minimum absolute atomic E-state index is 0.00318. The van der Waals surface area contributed by atoms with Crippen LogP contribution in [0.4, 0.5) is 0 Å². The Morgan fingerprint density at radius 3 is 2.07 bits per heavy atom. The molecule has 7 atom stereocenters. The fourth-order valence-electron chi connectivity index (χ4n) is 5.55. The number of carbonyl (C=O) groups excluding carboxylic acids is 3. The first-order chi connectivity index (χ1) is 19.0. The van der Waals surface area contributed by atoms with Crippen molar-refractivity contribution in [2.24, 2.45) is 17.8 Å². The van der Waals surface area contributed by atoms with Gasteiger partial charge in [0.15, 0.2) is 0 Å². The molecule has 1 aliphatic heterocycles. The van der Waals surface area contributed by atoms with E-state index in [0.717, 1.165) is 12.8 Å². The van der Waals surface area contributed by atoms with Crippen LogP contribution in [0.2, 0.25) is 0 Å². The molecule has 11 heteroatoms. The van der Waals surface area contributed by atoms with Crippen LogP contribution in [0.1, 0.15) is 74.1 Å². The van der Waals surface area contributed by atoms with E-state index in [-0.39, 0.29) is 42.0 Å². The van der Waals surface area contributed by atoms with E-state index in [0.29, 0.717) is 13.0 Å². The summed E-state index contributed by atoms with van der Waals surface area (Å²) in [4.78, 5) is 57.6. The first-order valence-corrected chi connectivity index (χ1v) is 14.8. The third kappa shape index (κ3) is 8.88. The molecule has 0 aromatic carbocycles. The number of hydrogen-bond donors (Lipinski definition) is 2. The van der Waals surface area contributed by atoms with Crippen LogP contribution in [0, 0.1) is 17.8 Å². The zero-order chi connectivity index (χ0) is 31.8. The van der Waals surface area contributed by atoms with Gasteiger partial charge < -0.3 is 29.7 Å². The second-order valence-electron chi connectivity index (χ2n) is 12.6. The lowest BCUT2D eigenvalue weighted by Crippen LogP contribution is -2.61. The molecule has 2 N–H and O–H groups in total. The van der Waals surface area contributed by atoms with E-state index in [9.17, 15) is 24.3 Å². The lowest BCUT2D eigenvalue weighted by atomic mass is 9.89. The molecule has 1 aliphatic rings. The van der Waals surface area contributed by atoms with Gasteiger partial charge in [0.05, 0.1) is 42.2 Å². The van der Waals surface area contributed by atoms with Gasteiger partial charge in [0.25, 0.3) is 0 Å². The van der Waals surface area contributed by atoms with Crippen LogP contribution in [-0.4, -0.2) is 121 Å². The van der Waals surface area contributed by atoms with Crippen molar-refractivity contribution in [1.82, 2.24) is 20.0 Å². The summed E-state index contributed by atoms with van der Waals surface area (Å²) in [6.07, 6.45) is 0.961. The molecule has 11 nitrogen and oxygen atoms in total. The Labute approximate surface area is 247 Å². The van der Waals surface area contributed by atoms with Crippen LogP contribution in [0.25, 0.3) is 0 Å². The lowest BCUT2D eigenvalue weighted by Gasteiger charge is -2.41. The molecule has 1 heterocycles. The maximum atomic E-state index is 13.9. The van der Waals surface area contributed by atoms with Crippen molar-refractivity contribution in [3.8, 4) is 0 Å². The highest BCUT2D eigenvalue weighted by Gasteiger charge is 2.43. The summed E-state index contributed by atoms with van der Waals surface area (Å²) in [5.41, 5.74) is -0.811. The normalized spacial score (nSPS) is 20.3. The number of carboxylic acids is 1. The maximum absolute atomic E-state index is 13.9. The number of likely N-dealkylation sites (tertiary alicyclic amines) is 1. The molecule has 0 aromatic rings. The second kappa shape index (κ2) is 15.8. The van der Waals surface area contributed by atoms with Gasteiger partial charge in [-0.15, -0.1) is 0 Å². The van der Waals surface area contributed by atoms with Gasteiger partial charge in [0.1, 0.15) is 6.04 Å². The average Bonchev–Trinajstić information content (AvgIpc) is 3.39. The number of amides is 3. The van der Waals surface area contributed by atoms with E-state index in [1.54, 1.807) is 49.6 Å². The highest BCUT2D eigenvalue weighted by Crippen LogP contribution is 2.29. The standard InChI is InChI=1S/C30H56N4O7/c1-13-19(4)25(33(10)27(36)24(18(2)3)31-29(39)30(6,7)32(8)9)22(40-11)17-23(35)34-16-14-15-21(34)26(41-12)20(5)28(37)38/h18-22,24-26H,13-17H2,1-12H3,(H,31,39)(H,37,38)/t19-,20+,21-,22+,24-,25-,26+/m0/s1. The fourth-order valence-corrected chi connectivity index (χ4v) is 5.55. The molecule has 0 radical (unpaired) electrons. The third-order valence-electron chi connectivity index (χ3n) is 9.13. The number of hydrogen-bond acceptors (Lipinski definition) is 7. The number of methoxy groups -OCH3 is 2. The van der Waals surface area contributed by atoms with E-state index in [2.05, 4.69) is 5.32 Å². The SMILES string of the molecule is CC[C@H](C)[C@@H]([C@@H](CC(=O)N1CCC[C@H]1[C@H](OC)[C@@H](C)C(=O)O)OC)N(C)C(=O)[C@@H](NC(=O)C(C)(C)N(C)C)C(C)C. The number of likely N-dealkylation sites (N-methyl/N-ethyl adjacent to an activating group) is 2. The zero-order valence-electron chi connectivity index (χ0n) is 27.4. The van der Waals surface area contributed by atoms with Crippen molar-refractivity contribution in [1.29, 1.82) is 0 Å². The molecule has 0 aliphatic carbocycles. The van der Waals surface area contributed by atoms with Gasteiger partial charge in [0, 0.05) is 27.8 Å². The van der Waals surface area contributed by atoms with Gasteiger partial charge in [0.2, 0.25) is 17.7 Å². The van der Waals surface area contributed by atoms with E-state index in [4.69, 9.17) is 9.47 Å². The van der Waals surface area contributed by atoms with Crippen LogP contribution in [0.15, 0.2) is 0 Å². The van der Waals surface area contributed by atoms with Gasteiger partial charge in [-0.2, -0.15) is 0 Å². The Kier molecular flexibility index (Phi) is 14.2. The number of aliphatic carboxylic acids is 1. The highest BCUT2D eigenvalue weighted by molar-refractivity contribution is 5.92. The molecule has 238 valence electrons. The number of nitrogens with zero attached hydrogens (tertiary/aromatic N) is 3. The molecule has 1 fully saturated rings. The first-order valence-electron chi connectivity index (χ1n) is 14.8. The Bertz CT molecular complexity index is 894. The molecule has 41 heavy (non-hydrogen) atoms. The van der Waals surface area contributed by atoms with Crippen LogP contribution in [-0.2, 0) is 28.7 Å². The first kappa shape index (κ1) is 36.8. The summed E-state index contributed by atoms with van der Waals surface area (Å²) >= 11 is 0. The number of carbonyl (C=O) groups is 4. The number of carboxylic acid groups (broad SMARTS) is 1. The van der Waals surface area contributed by atoms with E-state index in [1.807, 2.05) is 41.8 Å². The summed E-state index contributed by atoms with van der Waals surface area (Å²) < 4.78 is 11.5. The molecule has 0 bridgehead atoms. The monoisotopic (exact) mass is 584 g/mol. The summed E-state index contributed by atoms with van der Waals surface area (Å²) in [6.45, 7) is 13.6. The smallest absolute Gasteiger partial charge is 0.308 e. The largest absolute Gasteiger partial charge is 0.481 e. The van der Waals surface area contributed by atoms with Crippen molar-refractivity contribution >= 4 is 23.7 Å². The zero-order valence-corrected chi connectivity index (χ0v) is 27.4. The number of nitrogens with one attached hydrogen (secondary N) is 1. The summed E-state index contributed by atoms with van der Waals surface area (Å²) in [5, 5.41) is 12.5. The summed E-state index contributed by atoms with van der Waals surface area (Å²) in [6, 6.07) is -1.54. The Balaban J connectivity index is 3.26. The van der Waals surface area contributed by atoms with Crippen molar-refractivity contribution < 1.29 is 33.8 Å². The van der Waals surface area contributed by atoms with Crippen molar-refractivity contribution in [3.05, 3.63) is 0 Å². The lowest BCUT2D eigenvalue weighted by molar-refractivity contribution is -0.152. The van der Waals surface area contributed by atoms with Crippen LogP contribution in [0.3, 0.4) is 0 Å². The predicted octanol–water partition coefficient (Wildman–Crippen LogP) is 2.47. The Morgan fingerprint density at radius 1 is 1.05 bits per heavy atom. The molecule has 0 spiro atoms. The van der Waals surface area contributed by atoms with Gasteiger partial charge in [-0.1, -0.05) is 34.1 Å². The fraction of sp³-hybridized carbons (Fsp3) is 0.867. The van der Waals surface area contributed by atoms with E-state index < -0.39 is 41.7 Å². The summed E-state index contributed by atoms with van der Waals surface area (Å²) in [5.74, 6) is -2.55. The van der Waals surface area contributed by atoms with Crippen molar-refractivity contribution in [2.75, 3.05) is 41.9 Å². The third-order valence-corrected chi connectivity index (χ3v) is 9.13.